The summed E-state index contributed by atoms with van der Waals surface area (Å²) in [5, 5.41) is 86.8. The second kappa shape index (κ2) is 12.4. The number of aliphatic hydroxyl groups excluding tert-OH is 6. The first-order valence-electron chi connectivity index (χ1n) is 15.1. The number of carbonyl (C=O) groups is 2. The summed E-state index contributed by atoms with van der Waals surface area (Å²) in [5.41, 5.74) is -5.34. The number of ketones is 1. The van der Waals surface area contributed by atoms with Gasteiger partial charge in [-0.3, -0.25) is 4.79 Å². The maximum atomic E-state index is 14.7. The van der Waals surface area contributed by atoms with Crippen LogP contribution in [0.15, 0.2) is 11.1 Å². The maximum Gasteiger partial charge on any atom is 0.333 e. The molecule has 11 unspecified atom stereocenters. The number of rotatable bonds is 5. The van der Waals surface area contributed by atoms with Crippen molar-refractivity contribution < 1.29 is 109 Å². The van der Waals surface area contributed by atoms with Gasteiger partial charge in [0.15, 0.2) is 18.2 Å². The molecule has 4 fully saturated rings. The standard InChI is InChI=1S/C30H46O13.Ac/c1-12-15(32)9-30(40)13(2)24-28(5,17(33)8-14-6-7-29(14,24)39)25(38)23(19(12)27(30,3)4)43-18(34)11-41-26-22(37)21(36)20(35)16(10-31)42-26;/h13-17,20-24,26,31-33,35-37,39-40H,6-11H2,1-5H3;/t13-,14+,15?,16?,17?,20?,21?,22?,23?,24?,26?,28+,29?,30?;/m0./s1. The number of hydrogen-bond acceptors (Lipinski definition) is 13. The van der Waals surface area contributed by atoms with Crippen LogP contribution in [0.1, 0.15) is 60.3 Å². The number of ether oxygens (including phenoxy) is 3. The Kier molecular flexibility index (Phi) is 10.4. The van der Waals surface area contributed by atoms with E-state index in [-0.39, 0.29) is 68.4 Å². The molecule has 0 spiro atoms. The molecule has 1 heterocycles. The molecule has 0 aromatic carbocycles. The van der Waals surface area contributed by atoms with Gasteiger partial charge in [-0.15, -0.1) is 0 Å². The molecule has 0 aromatic rings. The zero-order chi connectivity index (χ0) is 32.0. The predicted octanol–water partition coefficient (Wildman–Crippen LogP) is -1.70. The van der Waals surface area contributed by atoms with Gasteiger partial charge in [0.2, 0.25) is 0 Å². The van der Waals surface area contributed by atoms with Crippen LogP contribution in [0.25, 0.3) is 0 Å². The monoisotopic (exact) mass is 841 g/mol. The van der Waals surface area contributed by atoms with Gasteiger partial charge in [-0.05, 0) is 56.1 Å². The van der Waals surface area contributed by atoms with Crippen LogP contribution in [0.3, 0.4) is 0 Å². The molecule has 2 bridgehead atoms. The van der Waals surface area contributed by atoms with E-state index in [2.05, 4.69) is 0 Å². The van der Waals surface area contributed by atoms with Crippen molar-refractivity contribution in [2.75, 3.05) is 13.2 Å². The Morgan fingerprint density at radius 2 is 1.68 bits per heavy atom. The van der Waals surface area contributed by atoms with Gasteiger partial charge < -0.3 is 55.1 Å². The molecular weight excluding hydrogens is 795 g/mol. The van der Waals surface area contributed by atoms with Gasteiger partial charge >= 0.3 is 5.97 Å². The molecule has 5 aliphatic rings. The number of esters is 1. The van der Waals surface area contributed by atoms with Crippen molar-refractivity contribution in [3.8, 4) is 0 Å². The molecule has 247 valence electrons. The van der Waals surface area contributed by atoms with Gasteiger partial charge in [0.25, 0.3) is 0 Å². The minimum absolute atomic E-state index is 0. The fraction of sp³-hybridized carbons (Fsp3) is 0.867. The van der Waals surface area contributed by atoms with Gasteiger partial charge in [0.1, 0.15) is 31.0 Å². The van der Waals surface area contributed by atoms with Crippen LogP contribution in [0.5, 0.6) is 0 Å². The quantitative estimate of drug-likeness (QED) is 0.114. The van der Waals surface area contributed by atoms with Gasteiger partial charge in [-0.25, -0.2) is 4.79 Å². The molecule has 14 atom stereocenters. The van der Waals surface area contributed by atoms with E-state index in [1.165, 1.54) is 0 Å². The summed E-state index contributed by atoms with van der Waals surface area (Å²) in [7, 11) is 0. The van der Waals surface area contributed by atoms with E-state index in [1.807, 2.05) is 0 Å². The smallest absolute Gasteiger partial charge is 0.333 e. The Balaban J connectivity index is 0.00000442. The Bertz CT molecular complexity index is 1180. The molecule has 4 aliphatic carbocycles. The molecule has 8 N–H and O–H groups in total. The van der Waals surface area contributed by atoms with Gasteiger partial charge in [0.05, 0.1) is 35.4 Å². The van der Waals surface area contributed by atoms with Gasteiger partial charge in [0, 0.05) is 61.8 Å². The second-order valence-electron chi connectivity index (χ2n) is 14.1. The molecule has 13 nitrogen and oxygen atoms in total. The fourth-order valence-corrected chi connectivity index (χ4v) is 9.11. The summed E-state index contributed by atoms with van der Waals surface area (Å²) in [4.78, 5) is 28.0. The predicted molar refractivity (Wildman–Crippen MR) is 146 cm³/mol. The van der Waals surface area contributed by atoms with E-state index in [4.69, 9.17) is 14.2 Å². The summed E-state index contributed by atoms with van der Waals surface area (Å²) in [6.45, 7) is 6.72. The third-order valence-electron chi connectivity index (χ3n) is 11.9. The summed E-state index contributed by atoms with van der Waals surface area (Å²) in [6, 6.07) is 0. The van der Waals surface area contributed by atoms with Crippen molar-refractivity contribution in [2.45, 2.75) is 121 Å². The minimum Gasteiger partial charge on any atom is -0.448 e. The summed E-state index contributed by atoms with van der Waals surface area (Å²) in [6.07, 6.45) is -11.0. The molecule has 1 saturated heterocycles. The van der Waals surface area contributed by atoms with E-state index >= 15 is 0 Å². The van der Waals surface area contributed by atoms with Crippen molar-refractivity contribution in [1.82, 2.24) is 0 Å². The van der Waals surface area contributed by atoms with Crippen LogP contribution in [-0.2, 0) is 23.8 Å². The van der Waals surface area contributed by atoms with E-state index < -0.39 is 108 Å². The first kappa shape index (κ1) is 36.8. The third kappa shape index (κ3) is 5.14. The average Bonchev–Trinajstić information content (AvgIpc) is 2.94. The van der Waals surface area contributed by atoms with Crippen LogP contribution in [-0.4, -0.2) is 126 Å². The largest absolute Gasteiger partial charge is 0.448 e. The Morgan fingerprint density at radius 1 is 1.05 bits per heavy atom. The molecular formula is C30H46AcO13. The average molecular weight is 842 g/mol. The zero-order valence-electron chi connectivity index (χ0n) is 25.8. The van der Waals surface area contributed by atoms with Crippen LogP contribution in [0.2, 0.25) is 0 Å². The first-order valence-corrected chi connectivity index (χ1v) is 15.1. The van der Waals surface area contributed by atoms with Crippen LogP contribution < -0.4 is 0 Å². The molecule has 14 heteroatoms. The molecule has 0 amide bonds. The molecule has 44 heavy (non-hydrogen) atoms. The normalized spacial score (nSPS) is 49.8. The third-order valence-corrected chi connectivity index (χ3v) is 11.9. The van der Waals surface area contributed by atoms with Gasteiger partial charge in [-0.1, -0.05) is 20.8 Å². The van der Waals surface area contributed by atoms with Crippen molar-refractivity contribution in [2.24, 2.45) is 28.6 Å². The second-order valence-corrected chi connectivity index (χ2v) is 14.1. The fourth-order valence-electron chi connectivity index (χ4n) is 9.11. The van der Waals surface area contributed by atoms with E-state index in [1.54, 1.807) is 34.6 Å². The topological polar surface area (TPSA) is 224 Å². The van der Waals surface area contributed by atoms with E-state index in [0.717, 1.165) is 0 Å². The summed E-state index contributed by atoms with van der Waals surface area (Å²) < 4.78 is 16.4. The Labute approximate surface area is 292 Å². The van der Waals surface area contributed by atoms with Crippen LogP contribution in [0.4, 0.5) is 0 Å². The van der Waals surface area contributed by atoms with Crippen molar-refractivity contribution in [3.05, 3.63) is 11.1 Å². The zero-order valence-corrected chi connectivity index (χ0v) is 30.5. The molecule has 1 aliphatic heterocycles. The number of Topliss-reactive ketones (excluding diaryl/α,β-unsaturated/α-hetero) is 1. The van der Waals surface area contributed by atoms with Crippen molar-refractivity contribution >= 4 is 11.8 Å². The van der Waals surface area contributed by atoms with Crippen LogP contribution in [0, 0.1) is 72.6 Å². The minimum atomic E-state index is -1.77. The van der Waals surface area contributed by atoms with Crippen molar-refractivity contribution in [1.29, 1.82) is 0 Å². The molecule has 1 radical (unpaired) electrons. The maximum absolute atomic E-state index is 14.7. The number of hydrogen-bond donors (Lipinski definition) is 8. The van der Waals surface area contributed by atoms with E-state index in [0.29, 0.717) is 18.4 Å². The Hall–Kier alpha value is -0.0784. The molecule has 5 rings (SSSR count). The SMILES string of the molecule is CC1=C2C(OC(=O)COC3OC(CO)C(O)C(O)C3O)C(=O)[C@]3(C)C(O)C[C@H]4CCC4(O)C3[C@H](C)C(O)(CC1O)C2(C)C.[Ac]. The summed E-state index contributed by atoms with van der Waals surface area (Å²) in [5.74, 6) is -3.70. The Morgan fingerprint density at radius 3 is 2.25 bits per heavy atom. The molecule has 0 aromatic heterocycles. The van der Waals surface area contributed by atoms with Crippen molar-refractivity contribution in [3.63, 3.8) is 0 Å². The molecule has 3 saturated carbocycles. The summed E-state index contributed by atoms with van der Waals surface area (Å²) >= 11 is 0. The van der Waals surface area contributed by atoms with E-state index in [9.17, 15) is 50.4 Å². The first-order chi connectivity index (χ1) is 19.9. The number of carbonyl (C=O) groups excluding carboxylic acids is 2. The number of aliphatic hydroxyl groups is 8. The number of fused-ring (bicyclic) bond motifs is 5. The van der Waals surface area contributed by atoms with Crippen LogP contribution >= 0.6 is 0 Å². The van der Waals surface area contributed by atoms with Gasteiger partial charge in [-0.2, -0.15) is 0 Å².